The molecule has 4 heteroatoms. The summed E-state index contributed by atoms with van der Waals surface area (Å²) in [5.41, 5.74) is 1.76. The van der Waals surface area contributed by atoms with Gasteiger partial charge in [-0.15, -0.1) is 0 Å². The third-order valence-corrected chi connectivity index (χ3v) is 6.18. The molecule has 0 N–H and O–H groups in total. The van der Waals surface area contributed by atoms with Gasteiger partial charge < -0.3 is 0 Å². The van der Waals surface area contributed by atoms with Crippen LogP contribution in [-0.2, 0) is 12.0 Å². The number of aromatic nitrogens is 1. The largest absolute Gasteiger partial charge is 0.293 e. The topological polar surface area (TPSA) is 39.9 Å². The summed E-state index contributed by atoms with van der Waals surface area (Å²) in [7, 11) is 0. The van der Waals surface area contributed by atoms with Gasteiger partial charge >= 0.3 is 0 Å². The molecule has 4 rings (SSSR count). The van der Waals surface area contributed by atoms with E-state index in [0.29, 0.717) is 17.2 Å². The van der Waals surface area contributed by atoms with Gasteiger partial charge in [-0.3, -0.25) is 4.90 Å². The molecular formula is C21H22ClN3. The molecule has 0 saturated carbocycles. The van der Waals surface area contributed by atoms with Gasteiger partial charge in [-0.1, -0.05) is 54.4 Å². The quantitative estimate of drug-likeness (QED) is 0.751. The summed E-state index contributed by atoms with van der Waals surface area (Å²) < 4.78 is 0. The first kappa shape index (κ1) is 16.6. The zero-order chi connectivity index (χ0) is 17.3. The average Bonchev–Trinajstić information content (AvgIpc) is 2.63. The fourth-order valence-corrected chi connectivity index (χ4v) is 5.01. The highest BCUT2D eigenvalue weighted by molar-refractivity contribution is 6.30. The molecule has 2 bridgehead atoms. The van der Waals surface area contributed by atoms with E-state index in [1.54, 1.807) is 6.20 Å². The number of nitrogens with zero attached hydrogens (tertiary/aromatic N) is 3. The van der Waals surface area contributed by atoms with E-state index in [1.807, 2.05) is 12.1 Å². The van der Waals surface area contributed by atoms with E-state index >= 15 is 0 Å². The Balaban J connectivity index is 1.64. The molecule has 2 saturated heterocycles. The second-order valence-electron chi connectivity index (χ2n) is 7.34. The van der Waals surface area contributed by atoms with E-state index in [-0.39, 0.29) is 0 Å². The Bertz CT molecular complexity index is 769. The van der Waals surface area contributed by atoms with Crippen molar-refractivity contribution in [2.24, 2.45) is 0 Å². The van der Waals surface area contributed by atoms with Crippen LogP contribution in [0, 0.1) is 11.3 Å². The first-order chi connectivity index (χ1) is 12.2. The molecule has 1 aromatic heterocycles. The predicted molar refractivity (Wildman–Crippen MR) is 99.2 cm³/mol. The van der Waals surface area contributed by atoms with Gasteiger partial charge in [-0.2, -0.15) is 5.26 Å². The molecule has 2 aliphatic heterocycles. The fraction of sp³-hybridized carbons (Fsp3) is 0.429. The molecule has 0 amide bonds. The van der Waals surface area contributed by atoms with Gasteiger partial charge in [0.2, 0.25) is 0 Å². The van der Waals surface area contributed by atoms with Crippen LogP contribution >= 0.6 is 11.6 Å². The van der Waals surface area contributed by atoms with Crippen LogP contribution in [0.1, 0.15) is 43.2 Å². The molecule has 0 radical (unpaired) electrons. The second kappa shape index (κ2) is 6.78. The van der Waals surface area contributed by atoms with E-state index in [0.717, 1.165) is 37.8 Å². The molecule has 3 atom stereocenters. The third-order valence-electron chi connectivity index (χ3n) is 5.88. The molecule has 0 aliphatic carbocycles. The molecule has 1 aromatic carbocycles. The van der Waals surface area contributed by atoms with Crippen molar-refractivity contribution in [1.82, 2.24) is 9.88 Å². The first-order valence-electron chi connectivity index (χ1n) is 9.04. The number of nitriles is 1. The van der Waals surface area contributed by atoms with Gasteiger partial charge in [-0.05, 0) is 37.3 Å². The van der Waals surface area contributed by atoms with Crippen molar-refractivity contribution in [3.63, 3.8) is 0 Å². The van der Waals surface area contributed by atoms with E-state index in [1.165, 1.54) is 12.0 Å². The lowest BCUT2D eigenvalue weighted by Gasteiger charge is -2.52. The van der Waals surface area contributed by atoms with Gasteiger partial charge in [0.1, 0.15) is 5.15 Å². The van der Waals surface area contributed by atoms with Gasteiger partial charge in [0.05, 0.1) is 11.5 Å². The summed E-state index contributed by atoms with van der Waals surface area (Å²) >= 11 is 6.37. The molecule has 2 aromatic rings. The minimum Gasteiger partial charge on any atom is -0.293 e. The van der Waals surface area contributed by atoms with Crippen molar-refractivity contribution in [1.29, 1.82) is 5.26 Å². The van der Waals surface area contributed by atoms with Crippen LogP contribution in [0.15, 0.2) is 48.7 Å². The van der Waals surface area contributed by atoms with Gasteiger partial charge in [0.15, 0.2) is 0 Å². The van der Waals surface area contributed by atoms with Gasteiger partial charge in [-0.25, -0.2) is 4.98 Å². The summed E-state index contributed by atoms with van der Waals surface area (Å²) in [6.07, 6.45) is 6.96. The molecule has 3 nitrogen and oxygen atoms in total. The Morgan fingerprint density at radius 2 is 1.84 bits per heavy atom. The summed E-state index contributed by atoms with van der Waals surface area (Å²) in [6, 6.07) is 18.0. The summed E-state index contributed by atoms with van der Waals surface area (Å²) in [4.78, 5) is 6.85. The lowest BCUT2D eigenvalue weighted by atomic mass is 9.66. The van der Waals surface area contributed by atoms with Crippen LogP contribution in [0.3, 0.4) is 0 Å². The molecule has 2 aliphatic rings. The maximum Gasteiger partial charge on any atom is 0.133 e. The standard InChI is InChI=1S/C21H22ClN3/c22-20-19(10-5-11-24-20)21(15-23)12-17-8-4-9-18(13-21)25(17)14-16-6-2-1-3-7-16/h1-3,5-7,10-11,17-18H,4,8-9,12-14H2/t17-,18?,21?/m0/s1. The van der Waals surface area contributed by atoms with Crippen LogP contribution in [-0.4, -0.2) is 22.0 Å². The smallest absolute Gasteiger partial charge is 0.133 e. The molecule has 3 heterocycles. The van der Waals surface area contributed by atoms with Crippen molar-refractivity contribution in [3.05, 3.63) is 64.9 Å². The van der Waals surface area contributed by atoms with Crippen molar-refractivity contribution >= 4 is 11.6 Å². The Morgan fingerprint density at radius 1 is 1.12 bits per heavy atom. The van der Waals surface area contributed by atoms with E-state index in [9.17, 15) is 5.26 Å². The first-order valence-corrected chi connectivity index (χ1v) is 9.41. The lowest BCUT2D eigenvalue weighted by Crippen LogP contribution is -2.56. The van der Waals surface area contributed by atoms with Crippen LogP contribution in [0.2, 0.25) is 5.15 Å². The minimum absolute atomic E-state index is 0.434. The fourth-order valence-electron chi connectivity index (χ4n) is 4.71. The highest BCUT2D eigenvalue weighted by Crippen LogP contribution is 2.47. The number of hydrogen-bond donors (Lipinski definition) is 0. The molecule has 128 valence electrons. The number of hydrogen-bond acceptors (Lipinski definition) is 3. The Kier molecular flexibility index (Phi) is 4.50. The van der Waals surface area contributed by atoms with Crippen LogP contribution in [0.4, 0.5) is 0 Å². The maximum atomic E-state index is 10.1. The molecule has 25 heavy (non-hydrogen) atoms. The van der Waals surface area contributed by atoms with E-state index in [2.05, 4.69) is 46.3 Å². The second-order valence-corrected chi connectivity index (χ2v) is 7.70. The van der Waals surface area contributed by atoms with Crippen molar-refractivity contribution in [3.8, 4) is 6.07 Å². The highest BCUT2D eigenvalue weighted by Gasteiger charge is 2.48. The number of halogens is 1. The Morgan fingerprint density at radius 3 is 2.48 bits per heavy atom. The van der Waals surface area contributed by atoms with Crippen LogP contribution in [0.25, 0.3) is 0 Å². The van der Waals surface area contributed by atoms with Gasteiger partial charge in [0, 0.05) is 30.4 Å². The number of fused-ring (bicyclic) bond motifs is 2. The van der Waals surface area contributed by atoms with Gasteiger partial charge in [0.25, 0.3) is 0 Å². The van der Waals surface area contributed by atoms with E-state index in [4.69, 9.17) is 11.6 Å². The maximum absolute atomic E-state index is 10.1. The Labute approximate surface area is 154 Å². The SMILES string of the molecule is N#CC1(c2cccnc2Cl)CC2CCC[C@@H](C1)N2Cc1ccccc1. The molecular weight excluding hydrogens is 330 g/mol. The lowest BCUT2D eigenvalue weighted by molar-refractivity contribution is 0.00763. The summed E-state index contributed by atoms with van der Waals surface area (Å²) in [5.74, 6) is 0. The summed E-state index contributed by atoms with van der Waals surface area (Å²) in [5, 5.41) is 10.6. The number of rotatable bonds is 3. The summed E-state index contributed by atoms with van der Waals surface area (Å²) in [6.45, 7) is 0.971. The van der Waals surface area contributed by atoms with Crippen LogP contribution < -0.4 is 0 Å². The average molecular weight is 352 g/mol. The van der Waals surface area contributed by atoms with Crippen molar-refractivity contribution in [2.45, 2.75) is 56.1 Å². The minimum atomic E-state index is -0.506. The zero-order valence-electron chi connectivity index (χ0n) is 14.2. The Hall–Kier alpha value is -1.89. The van der Waals surface area contributed by atoms with Crippen LogP contribution in [0.5, 0.6) is 0 Å². The molecule has 0 spiro atoms. The number of pyridine rings is 1. The van der Waals surface area contributed by atoms with Crippen molar-refractivity contribution in [2.75, 3.05) is 0 Å². The number of piperidine rings is 2. The molecule has 2 fully saturated rings. The van der Waals surface area contributed by atoms with Crippen molar-refractivity contribution < 1.29 is 0 Å². The normalized spacial score (nSPS) is 29.1. The zero-order valence-corrected chi connectivity index (χ0v) is 15.0. The highest BCUT2D eigenvalue weighted by atomic mass is 35.5. The third kappa shape index (κ3) is 3.05. The van der Waals surface area contributed by atoms with E-state index < -0.39 is 5.41 Å². The number of benzene rings is 1. The molecule has 2 unspecified atom stereocenters. The monoisotopic (exact) mass is 351 g/mol. The predicted octanol–water partition coefficient (Wildman–Crippen LogP) is 4.71.